The smallest absolute Gasteiger partial charge is 0.223 e. The molecule has 88 valence electrons. The van der Waals surface area contributed by atoms with Crippen LogP contribution in [0.4, 0.5) is 0 Å². The van der Waals surface area contributed by atoms with E-state index in [1.54, 1.807) is 6.26 Å². The molecule has 1 saturated heterocycles. The van der Waals surface area contributed by atoms with Crippen molar-refractivity contribution in [2.75, 3.05) is 19.6 Å². The van der Waals surface area contributed by atoms with Crippen LogP contribution in [-0.2, 0) is 11.2 Å². The third kappa shape index (κ3) is 3.10. The van der Waals surface area contributed by atoms with Gasteiger partial charge in [-0.25, -0.2) is 0 Å². The molecule has 2 heterocycles. The van der Waals surface area contributed by atoms with E-state index in [-0.39, 0.29) is 11.8 Å². The molecule has 1 aromatic heterocycles. The summed E-state index contributed by atoms with van der Waals surface area (Å²) in [4.78, 5) is 11.8. The monoisotopic (exact) mass is 222 g/mol. The standard InChI is InChI=1S/C12H18N2O2/c15-12(10-3-6-13-7-4-10)14-8-5-11-2-1-9-16-11/h1-2,9-10,13H,3-8H2,(H,14,15). The fourth-order valence-corrected chi connectivity index (χ4v) is 1.99. The largest absolute Gasteiger partial charge is 0.469 e. The van der Waals surface area contributed by atoms with E-state index in [4.69, 9.17) is 4.42 Å². The summed E-state index contributed by atoms with van der Waals surface area (Å²) in [5.41, 5.74) is 0. The highest BCUT2D eigenvalue weighted by molar-refractivity contribution is 5.78. The number of amides is 1. The van der Waals surface area contributed by atoms with Crippen LogP contribution in [0.25, 0.3) is 0 Å². The number of piperidine rings is 1. The van der Waals surface area contributed by atoms with Crippen molar-refractivity contribution in [1.82, 2.24) is 10.6 Å². The molecule has 4 nitrogen and oxygen atoms in total. The highest BCUT2D eigenvalue weighted by atomic mass is 16.3. The van der Waals surface area contributed by atoms with Crippen LogP contribution in [0.1, 0.15) is 18.6 Å². The van der Waals surface area contributed by atoms with Gasteiger partial charge in [0.05, 0.1) is 6.26 Å². The lowest BCUT2D eigenvalue weighted by Crippen LogP contribution is -2.38. The summed E-state index contributed by atoms with van der Waals surface area (Å²) in [6.07, 6.45) is 4.33. The van der Waals surface area contributed by atoms with E-state index in [0.29, 0.717) is 6.54 Å². The summed E-state index contributed by atoms with van der Waals surface area (Å²) in [6.45, 7) is 2.57. The van der Waals surface area contributed by atoms with Crippen molar-refractivity contribution in [3.8, 4) is 0 Å². The first-order valence-electron chi connectivity index (χ1n) is 5.87. The van der Waals surface area contributed by atoms with E-state index in [9.17, 15) is 4.79 Å². The quantitative estimate of drug-likeness (QED) is 0.797. The zero-order valence-corrected chi connectivity index (χ0v) is 9.37. The highest BCUT2D eigenvalue weighted by Crippen LogP contribution is 2.11. The maximum atomic E-state index is 11.8. The van der Waals surface area contributed by atoms with Gasteiger partial charge in [0.25, 0.3) is 0 Å². The number of carbonyl (C=O) groups excluding carboxylic acids is 1. The van der Waals surface area contributed by atoms with Crippen molar-refractivity contribution in [1.29, 1.82) is 0 Å². The molecule has 0 bridgehead atoms. The van der Waals surface area contributed by atoms with Gasteiger partial charge in [-0.1, -0.05) is 0 Å². The average Bonchev–Trinajstić information content (AvgIpc) is 2.83. The first-order chi connectivity index (χ1) is 7.86. The third-order valence-corrected chi connectivity index (χ3v) is 2.96. The average molecular weight is 222 g/mol. The Morgan fingerprint density at radius 1 is 1.50 bits per heavy atom. The number of carbonyl (C=O) groups is 1. The molecule has 16 heavy (non-hydrogen) atoms. The second-order valence-electron chi connectivity index (χ2n) is 4.14. The minimum absolute atomic E-state index is 0.188. The molecule has 1 aliphatic rings. The second kappa shape index (κ2) is 5.70. The van der Waals surface area contributed by atoms with Crippen LogP contribution in [0.15, 0.2) is 22.8 Å². The van der Waals surface area contributed by atoms with E-state index in [2.05, 4.69) is 10.6 Å². The van der Waals surface area contributed by atoms with Gasteiger partial charge in [0.2, 0.25) is 5.91 Å². The summed E-state index contributed by atoms with van der Waals surface area (Å²) in [5, 5.41) is 6.22. The van der Waals surface area contributed by atoms with Gasteiger partial charge >= 0.3 is 0 Å². The van der Waals surface area contributed by atoms with Crippen LogP contribution in [0.5, 0.6) is 0 Å². The third-order valence-electron chi connectivity index (χ3n) is 2.96. The second-order valence-corrected chi connectivity index (χ2v) is 4.14. The summed E-state index contributed by atoms with van der Waals surface area (Å²) < 4.78 is 5.20. The van der Waals surface area contributed by atoms with Gasteiger partial charge in [0.1, 0.15) is 5.76 Å². The van der Waals surface area contributed by atoms with Gasteiger partial charge < -0.3 is 15.1 Å². The van der Waals surface area contributed by atoms with Crippen molar-refractivity contribution >= 4 is 5.91 Å². The molecule has 0 aromatic carbocycles. The van der Waals surface area contributed by atoms with Crippen molar-refractivity contribution in [2.45, 2.75) is 19.3 Å². The lowest BCUT2D eigenvalue weighted by atomic mass is 9.97. The molecule has 0 spiro atoms. The predicted octanol–water partition coefficient (Wildman–Crippen LogP) is 0.938. The Balaban J connectivity index is 1.67. The Morgan fingerprint density at radius 2 is 2.31 bits per heavy atom. The molecule has 0 unspecified atom stereocenters. The van der Waals surface area contributed by atoms with Gasteiger partial charge in [-0.2, -0.15) is 0 Å². The van der Waals surface area contributed by atoms with Gasteiger partial charge in [0.15, 0.2) is 0 Å². The molecular formula is C12H18N2O2. The lowest BCUT2D eigenvalue weighted by Gasteiger charge is -2.21. The van der Waals surface area contributed by atoms with Crippen LogP contribution >= 0.6 is 0 Å². The van der Waals surface area contributed by atoms with E-state index in [1.807, 2.05) is 12.1 Å². The van der Waals surface area contributed by atoms with Crippen LogP contribution in [-0.4, -0.2) is 25.5 Å². The predicted molar refractivity (Wildman–Crippen MR) is 61.0 cm³/mol. The molecule has 2 N–H and O–H groups in total. The Bertz CT molecular complexity index is 316. The normalized spacial score (nSPS) is 17.2. The number of furan rings is 1. The van der Waals surface area contributed by atoms with Gasteiger partial charge in [-0.05, 0) is 38.1 Å². The number of nitrogens with one attached hydrogen (secondary N) is 2. The molecule has 0 saturated carbocycles. The SMILES string of the molecule is O=C(NCCc1ccco1)C1CCNCC1. The zero-order valence-electron chi connectivity index (χ0n) is 9.37. The molecule has 1 amide bonds. The summed E-state index contributed by atoms with van der Waals surface area (Å²) in [6, 6.07) is 3.79. The van der Waals surface area contributed by atoms with Crippen LogP contribution in [0.2, 0.25) is 0 Å². The Labute approximate surface area is 95.4 Å². The fourth-order valence-electron chi connectivity index (χ4n) is 1.99. The summed E-state index contributed by atoms with van der Waals surface area (Å²) >= 11 is 0. The van der Waals surface area contributed by atoms with Crippen molar-refractivity contribution in [2.24, 2.45) is 5.92 Å². The van der Waals surface area contributed by atoms with E-state index < -0.39 is 0 Å². The Morgan fingerprint density at radius 3 is 3.00 bits per heavy atom. The first kappa shape index (κ1) is 11.2. The van der Waals surface area contributed by atoms with E-state index >= 15 is 0 Å². The first-order valence-corrected chi connectivity index (χ1v) is 5.87. The maximum absolute atomic E-state index is 11.8. The van der Waals surface area contributed by atoms with Crippen LogP contribution in [0, 0.1) is 5.92 Å². The van der Waals surface area contributed by atoms with E-state index in [0.717, 1.165) is 38.1 Å². The molecule has 1 aromatic rings. The highest BCUT2D eigenvalue weighted by Gasteiger charge is 2.20. The van der Waals surface area contributed by atoms with Crippen molar-refractivity contribution < 1.29 is 9.21 Å². The van der Waals surface area contributed by atoms with Crippen LogP contribution < -0.4 is 10.6 Å². The Kier molecular flexibility index (Phi) is 3.99. The number of rotatable bonds is 4. The lowest BCUT2D eigenvalue weighted by molar-refractivity contribution is -0.125. The molecular weight excluding hydrogens is 204 g/mol. The Hall–Kier alpha value is -1.29. The fraction of sp³-hybridized carbons (Fsp3) is 0.583. The minimum atomic E-state index is 0.188. The minimum Gasteiger partial charge on any atom is -0.469 e. The maximum Gasteiger partial charge on any atom is 0.223 e. The molecule has 0 aliphatic carbocycles. The summed E-state index contributed by atoms with van der Waals surface area (Å²) in [7, 11) is 0. The molecule has 1 fully saturated rings. The van der Waals surface area contributed by atoms with Gasteiger partial charge in [0, 0.05) is 18.9 Å². The molecule has 1 aliphatic heterocycles. The molecule has 0 radical (unpaired) electrons. The van der Waals surface area contributed by atoms with Crippen LogP contribution in [0.3, 0.4) is 0 Å². The van der Waals surface area contributed by atoms with Gasteiger partial charge in [-0.15, -0.1) is 0 Å². The molecule has 4 heteroatoms. The zero-order chi connectivity index (χ0) is 11.2. The van der Waals surface area contributed by atoms with Crippen molar-refractivity contribution in [3.05, 3.63) is 24.2 Å². The number of hydrogen-bond donors (Lipinski definition) is 2. The van der Waals surface area contributed by atoms with Crippen molar-refractivity contribution in [3.63, 3.8) is 0 Å². The van der Waals surface area contributed by atoms with Gasteiger partial charge in [-0.3, -0.25) is 4.79 Å². The van der Waals surface area contributed by atoms with E-state index in [1.165, 1.54) is 0 Å². The topological polar surface area (TPSA) is 54.3 Å². The molecule has 2 rings (SSSR count). The molecule has 0 atom stereocenters. The number of hydrogen-bond acceptors (Lipinski definition) is 3. The summed E-state index contributed by atoms with van der Waals surface area (Å²) in [5.74, 6) is 1.30.